The van der Waals surface area contributed by atoms with Gasteiger partial charge < -0.3 is 24.4 Å². The molecular formula is C19H20N2O5. The van der Waals surface area contributed by atoms with Crippen molar-refractivity contribution in [3.63, 3.8) is 0 Å². The zero-order chi connectivity index (χ0) is 18.7. The minimum Gasteiger partial charge on any atom is -0.497 e. The zero-order valence-electron chi connectivity index (χ0n) is 14.8. The van der Waals surface area contributed by atoms with Gasteiger partial charge in [-0.1, -0.05) is 0 Å². The van der Waals surface area contributed by atoms with E-state index in [9.17, 15) is 9.59 Å². The molecule has 1 atom stereocenters. The lowest BCUT2D eigenvalue weighted by molar-refractivity contribution is -0.125. The van der Waals surface area contributed by atoms with Crippen LogP contribution in [0.15, 0.2) is 42.5 Å². The third kappa shape index (κ3) is 3.72. The Morgan fingerprint density at radius 2 is 1.88 bits per heavy atom. The standard InChI is InChI=1S/C19H20N2O5/c1-12-19(23)21(2)16-10-13(4-9-17(16)26-12)20-18(22)11-25-15-7-5-14(24-3)6-8-15/h4-10,12H,11H2,1-3H3,(H,20,22)/t12-/m0/s1. The number of anilines is 2. The molecule has 0 radical (unpaired) electrons. The first-order chi connectivity index (χ1) is 12.5. The fourth-order valence-corrected chi connectivity index (χ4v) is 2.61. The Morgan fingerprint density at radius 1 is 1.19 bits per heavy atom. The zero-order valence-corrected chi connectivity index (χ0v) is 14.8. The molecule has 2 aromatic rings. The Hall–Kier alpha value is -3.22. The number of carbonyl (C=O) groups excluding carboxylic acids is 2. The van der Waals surface area contributed by atoms with Crippen molar-refractivity contribution >= 4 is 23.2 Å². The average Bonchev–Trinajstić information content (AvgIpc) is 2.65. The van der Waals surface area contributed by atoms with E-state index in [-0.39, 0.29) is 18.4 Å². The van der Waals surface area contributed by atoms with E-state index in [0.29, 0.717) is 28.6 Å². The maximum Gasteiger partial charge on any atom is 0.267 e. The number of hydrogen-bond donors (Lipinski definition) is 1. The molecule has 2 amide bonds. The molecule has 26 heavy (non-hydrogen) atoms. The van der Waals surface area contributed by atoms with E-state index >= 15 is 0 Å². The summed E-state index contributed by atoms with van der Waals surface area (Å²) in [6.07, 6.45) is -0.522. The van der Waals surface area contributed by atoms with E-state index in [1.807, 2.05) is 0 Å². The highest BCUT2D eigenvalue weighted by molar-refractivity contribution is 6.00. The number of methoxy groups -OCH3 is 1. The quantitative estimate of drug-likeness (QED) is 0.890. The first-order valence-electron chi connectivity index (χ1n) is 8.13. The number of amides is 2. The SMILES string of the molecule is COc1ccc(OCC(=O)Nc2ccc3c(c2)N(C)C(=O)[C@H](C)O3)cc1. The molecule has 0 aliphatic carbocycles. The highest BCUT2D eigenvalue weighted by atomic mass is 16.5. The molecular weight excluding hydrogens is 336 g/mol. The highest BCUT2D eigenvalue weighted by Crippen LogP contribution is 2.35. The minimum absolute atomic E-state index is 0.133. The second-order valence-corrected chi connectivity index (χ2v) is 5.85. The van der Waals surface area contributed by atoms with Gasteiger partial charge in [-0.25, -0.2) is 0 Å². The molecule has 0 saturated carbocycles. The molecule has 1 aliphatic heterocycles. The summed E-state index contributed by atoms with van der Waals surface area (Å²) in [4.78, 5) is 25.6. The summed E-state index contributed by atoms with van der Waals surface area (Å²) in [6, 6.07) is 12.1. The summed E-state index contributed by atoms with van der Waals surface area (Å²) < 4.78 is 16.1. The van der Waals surface area contributed by atoms with Gasteiger partial charge in [0.25, 0.3) is 11.8 Å². The number of nitrogens with one attached hydrogen (secondary N) is 1. The van der Waals surface area contributed by atoms with E-state index in [1.54, 1.807) is 63.5 Å². The van der Waals surface area contributed by atoms with E-state index in [1.165, 1.54) is 4.90 Å². The van der Waals surface area contributed by atoms with Crippen LogP contribution in [-0.4, -0.2) is 38.7 Å². The van der Waals surface area contributed by atoms with Crippen LogP contribution in [0.3, 0.4) is 0 Å². The third-order valence-electron chi connectivity index (χ3n) is 4.02. The number of ether oxygens (including phenoxy) is 3. The second-order valence-electron chi connectivity index (χ2n) is 5.85. The van der Waals surface area contributed by atoms with Crippen LogP contribution >= 0.6 is 0 Å². The molecule has 0 aromatic heterocycles. The Bertz CT molecular complexity index is 819. The van der Waals surface area contributed by atoms with Crippen LogP contribution in [-0.2, 0) is 9.59 Å². The summed E-state index contributed by atoms with van der Waals surface area (Å²) in [5, 5.41) is 2.75. The molecule has 0 bridgehead atoms. The van der Waals surface area contributed by atoms with Gasteiger partial charge in [-0.2, -0.15) is 0 Å². The maximum absolute atomic E-state index is 12.1. The number of rotatable bonds is 5. The summed E-state index contributed by atoms with van der Waals surface area (Å²) in [7, 11) is 3.26. The smallest absolute Gasteiger partial charge is 0.267 e. The lowest BCUT2D eigenvalue weighted by Crippen LogP contribution is -2.42. The molecule has 0 saturated heterocycles. The van der Waals surface area contributed by atoms with Gasteiger partial charge in [-0.15, -0.1) is 0 Å². The van der Waals surface area contributed by atoms with Gasteiger partial charge in [0.15, 0.2) is 12.7 Å². The van der Waals surface area contributed by atoms with Gasteiger partial charge in [0.2, 0.25) is 0 Å². The van der Waals surface area contributed by atoms with Crippen LogP contribution in [0.4, 0.5) is 11.4 Å². The molecule has 7 heteroatoms. The van der Waals surface area contributed by atoms with Gasteiger partial charge in [0.05, 0.1) is 12.8 Å². The van der Waals surface area contributed by atoms with Crippen LogP contribution < -0.4 is 24.4 Å². The maximum atomic E-state index is 12.1. The number of benzene rings is 2. The highest BCUT2D eigenvalue weighted by Gasteiger charge is 2.29. The Balaban J connectivity index is 1.62. The third-order valence-corrected chi connectivity index (χ3v) is 4.02. The van der Waals surface area contributed by atoms with Crippen molar-refractivity contribution < 1.29 is 23.8 Å². The predicted molar refractivity (Wildman–Crippen MR) is 97.1 cm³/mol. The number of fused-ring (bicyclic) bond motifs is 1. The van der Waals surface area contributed by atoms with Crippen molar-refractivity contribution in [2.24, 2.45) is 0 Å². The molecule has 0 spiro atoms. The number of carbonyl (C=O) groups is 2. The monoisotopic (exact) mass is 356 g/mol. The largest absolute Gasteiger partial charge is 0.497 e. The number of likely N-dealkylation sites (N-methyl/N-ethyl adjacent to an activating group) is 1. The lowest BCUT2D eigenvalue weighted by Gasteiger charge is -2.30. The topological polar surface area (TPSA) is 77.1 Å². The van der Waals surface area contributed by atoms with Crippen LogP contribution in [0.1, 0.15) is 6.92 Å². The first-order valence-corrected chi connectivity index (χ1v) is 8.13. The van der Waals surface area contributed by atoms with E-state index < -0.39 is 6.10 Å². The van der Waals surface area contributed by atoms with Gasteiger partial charge in [-0.3, -0.25) is 9.59 Å². The molecule has 7 nitrogen and oxygen atoms in total. The number of hydrogen-bond acceptors (Lipinski definition) is 5. The average molecular weight is 356 g/mol. The Morgan fingerprint density at radius 3 is 2.58 bits per heavy atom. The normalized spacial score (nSPS) is 15.7. The van der Waals surface area contributed by atoms with Crippen molar-refractivity contribution in [2.75, 3.05) is 31.0 Å². The first kappa shape index (κ1) is 17.6. The Kier molecular flexibility index (Phi) is 4.97. The summed E-state index contributed by atoms with van der Waals surface area (Å²) >= 11 is 0. The lowest BCUT2D eigenvalue weighted by atomic mass is 10.2. The molecule has 2 aromatic carbocycles. The van der Waals surface area contributed by atoms with Crippen LogP contribution in [0, 0.1) is 0 Å². The van der Waals surface area contributed by atoms with Crippen molar-refractivity contribution in [3.05, 3.63) is 42.5 Å². The van der Waals surface area contributed by atoms with E-state index in [2.05, 4.69) is 5.32 Å². The molecule has 136 valence electrons. The second kappa shape index (κ2) is 7.35. The number of nitrogens with zero attached hydrogens (tertiary/aromatic N) is 1. The molecule has 1 heterocycles. The van der Waals surface area contributed by atoms with E-state index in [0.717, 1.165) is 0 Å². The van der Waals surface area contributed by atoms with Crippen LogP contribution in [0.25, 0.3) is 0 Å². The van der Waals surface area contributed by atoms with Crippen molar-refractivity contribution in [1.82, 2.24) is 0 Å². The van der Waals surface area contributed by atoms with Crippen molar-refractivity contribution in [3.8, 4) is 17.2 Å². The summed E-state index contributed by atoms with van der Waals surface area (Å²) in [6.45, 7) is 1.57. The Labute approximate surface area is 151 Å². The predicted octanol–water partition coefficient (Wildman–Crippen LogP) is 2.46. The van der Waals surface area contributed by atoms with Gasteiger partial charge in [0.1, 0.15) is 17.2 Å². The van der Waals surface area contributed by atoms with Crippen molar-refractivity contribution in [2.45, 2.75) is 13.0 Å². The van der Waals surface area contributed by atoms with Crippen LogP contribution in [0.5, 0.6) is 17.2 Å². The van der Waals surface area contributed by atoms with Crippen LogP contribution in [0.2, 0.25) is 0 Å². The summed E-state index contributed by atoms with van der Waals surface area (Å²) in [5.74, 6) is 1.45. The van der Waals surface area contributed by atoms with Crippen molar-refractivity contribution in [1.29, 1.82) is 0 Å². The van der Waals surface area contributed by atoms with Gasteiger partial charge in [0, 0.05) is 12.7 Å². The van der Waals surface area contributed by atoms with Gasteiger partial charge >= 0.3 is 0 Å². The molecule has 1 aliphatic rings. The fourth-order valence-electron chi connectivity index (χ4n) is 2.61. The minimum atomic E-state index is -0.522. The molecule has 0 fully saturated rings. The molecule has 1 N–H and O–H groups in total. The van der Waals surface area contributed by atoms with Gasteiger partial charge in [-0.05, 0) is 49.4 Å². The summed E-state index contributed by atoms with van der Waals surface area (Å²) in [5.41, 5.74) is 1.17. The molecule has 0 unspecified atom stereocenters. The molecule has 3 rings (SSSR count). The fraction of sp³-hybridized carbons (Fsp3) is 0.263. The van der Waals surface area contributed by atoms with E-state index in [4.69, 9.17) is 14.2 Å².